The maximum Gasteiger partial charge on any atom is 0.207 e. The molecule has 1 rings (SSSR count). The highest BCUT2D eigenvalue weighted by Gasteiger charge is 2.23. The predicted molar refractivity (Wildman–Crippen MR) is 70.3 cm³/mol. The van der Waals surface area contributed by atoms with Gasteiger partial charge >= 0.3 is 0 Å². The molecule has 1 fully saturated rings. The van der Waals surface area contributed by atoms with Crippen LogP contribution in [0.2, 0.25) is 0 Å². The van der Waals surface area contributed by atoms with Gasteiger partial charge in [-0.1, -0.05) is 0 Å². The Morgan fingerprint density at radius 2 is 2.29 bits per heavy atom. The number of aliphatic imine (C=N–C) groups is 1. The van der Waals surface area contributed by atoms with Crippen LogP contribution in [0.5, 0.6) is 0 Å². The molecule has 0 aromatic heterocycles. The van der Waals surface area contributed by atoms with Crippen LogP contribution in [0.3, 0.4) is 0 Å². The van der Waals surface area contributed by atoms with E-state index in [0.29, 0.717) is 18.7 Å². The predicted octanol–water partition coefficient (Wildman–Crippen LogP) is 1.22. The first-order chi connectivity index (χ1) is 8.11. The summed E-state index contributed by atoms with van der Waals surface area (Å²) in [5, 5.41) is 6.18. The van der Waals surface area contributed by atoms with Crippen LogP contribution in [0.4, 0.5) is 0 Å². The summed E-state index contributed by atoms with van der Waals surface area (Å²) in [7, 11) is 3.82. The number of nitrogens with one attached hydrogen (secondary N) is 2. The van der Waals surface area contributed by atoms with Gasteiger partial charge < -0.3 is 20.3 Å². The van der Waals surface area contributed by atoms with Gasteiger partial charge in [0.15, 0.2) is 0 Å². The molecule has 0 aliphatic heterocycles. The summed E-state index contributed by atoms with van der Waals surface area (Å²) in [5.41, 5.74) is 1.08. The van der Waals surface area contributed by atoms with Crippen molar-refractivity contribution in [2.24, 2.45) is 4.99 Å². The Morgan fingerprint density at radius 1 is 1.59 bits per heavy atom. The van der Waals surface area contributed by atoms with Crippen LogP contribution in [0, 0.1) is 0 Å². The zero-order chi connectivity index (χ0) is 12.7. The Kier molecular flexibility index (Phi) is 5.39. The molecule has 0 unspecified atom stereocenters. The van der Waals surface area contributed by atoms with Crippen LogP contribution in [0.25, 0.3) is 0 Å². The van der Waals surface area contributed by atoms with Crippen LogP contribution < -0.4 is 10.6 Å². The van der Waals surface area contributed by atoms with Crippen molar-refractivity contribution in [3.05, 3.63) is 24.4 Å². The molecular weight excluding hydrogens is 216 g/mol. The number of hydrogen-bond acceptors (Lipinski definition) is 4. The monoisotopic (exact) mass is 238 g/mol. The molecule has 5 heteroatoms. The maximum absolute atomic E-state index is 5.41. The molecule has 5 nitrogen and oxygen atoms in total. The van der Waals surface area contributed by atoms with Crippen LogP contribution in [-0.2, 0) is 4.74 Å². The number of rotatable bonds is 8. The maximum atomic E-state index is 5.41. The molecule has 0 atom stereocenters. The molecule has 0 bridgehead atoms. The van der Waals surface area contributed by atoms with Crippen molar-refractivity contribution in [3.8, 4) is 0 Å². The largest absolute Gasteiger partial charge is 0.475 e. The lowest BCUT2D eigenvalue weighted by Gasteiger charge is -2.13. The first kappa shape index (κ1) is 13.4. The Morgan fingerprint density at radius 3 is 2.88 bits per heavy atom. The standard InChI is InChI=1S/C12H22N4O/c1-10(13-3)7-14-8-16(4)9-15-11(2)17-12-5-6-12/h7,9,12-14H,2,5-6,8H2,1,3-4H3/b10-7+,15-9?. The summed E-state index contributed by atoms with van der Waals surface area (Å²) in [4.78, 5) is 6.05. The molecule has 1 aliphatic carbocycles. The normalized spacial score (nSPS) is 15.8. The molecule has 2 N–H and O–H groups in total. The van der Waals surface area contributed by atoms with Gasteiger partial charge in [0.05, 0.1) is 13.0 Å². The van der Waals surface area contributed by atoms with E-state index in [0.717, 1.165) is 18.5 Å². The van der Waals surface area contributed by atoms with Crippen molar-refractivity contribution < 1.29 is 4.74 Å². The molecule has 0 aromatic rings. The lowest BCUT2D eigenvalue weighted by atomic mass is 10.5. The Bertz CT molecular complexity index is 308. The van der Waals surface area contributed by atoms with E-state index in [1.807, 2.05) is 32.1 Å². The second-order valence-electron chi connectivity index (χ2n) is 4.15. The Labute approximate surface area is 103 Å². The van der Waals surface area contributed by atoms with Gasteiger partial charge in [0.2, 0.25) is 5.88 Å². The molecule has 0 radical (unpaired) electrons. The van der Waals surface area contributed by atoms with Gasteiger partial charge in [0, 0.05) is 26.0 Å². The quantitative estimate of drug-likeness (QED) is 0.289. The van der Waals surface area contributed by atoms with E-state index in [1.54, 1.807) is 6.34 Å². The summed E-state index contributed by atoms with van der Waals surface area (Å²) in [5.74, 6) is 0.487. The Hall–Kier alpha value is -1.65. The van der Waals surface area contributed by atoms with Gasteiger partial charge in [0.1, 0.15) is 6.10 Å². The smallest absolute Gasteiger partial charge is 0.207 e. The third-order valence-corrected chi connectivity index (χ3v) is 2.28. The van der Waals surface area contributed by atoms with Crippen molar-refractivity contribution in [1.82, 2.24) is 15.5 Å². The Balaban J connectivity index is 2.16. The lowest BCUT2D eigenvalue weighted by Crippen LogP contribution is -2.27. The molecule has 1 saturated carbocycles. The van der Waals surface area contributed by atoms with E-state index in [1.165, 1.54) is 0 Å². The van der Waals surface area contributed by atoms with Crippen molar-refractivity contribution in [2.45, 2.75) is 25.9 Å². The third kappa shape index (κ3) is 6.50. The minimum Gasteiger partial charge on any atom is -0.475 e. The molecule has 0 saturated heterocycles. The second kappa shape index (κ2) is 6.83. The summed E-state index contributed by atoms with van der Waals surface area (Å²) >= 11 is 0. The number of hydrogen-bond donors (Lipinski definition) is 2. The van der Waals surface area contributed by atoms with Gasteiger partial charge in [-0.05, 0) is 26.3 Å². The zero-order valence-electron chi connectivity index (χ0n) is 10.9. The highest BCUT2D eigenvalue weighted by Crippen LogP contribution is 2.25. The van der Waals surface area contributed by atoms with Crippen molar-refractivity contribution in [2.75, 3.05) is 20.8 Å². The summed E-state index contributed by atoms with van der Waals surface area (Å²) in [6.45, 7) is 6.41. The fourth-order valence-electron chi connectivity index (χ4n) is 1.03. The van der Waals surface area contributed by atoms with E-state index in [9.17, 15) is 0 Å². The molecule has 96 valence electrons. The minimum atomic E-state index is 0.351. The van der Waals surface area contributed by atoms with Crippen LogP contribution >= 0.6 is 0 Å². The highest BCUT2D eigenvalue weighted by atomic mass is 16.5. The third-order valence-electron chi connectivity index (χ3n) is 2.28. The fraction of sp³-hybridized carbons (Fsp3) is 0.583. The molecule has 0 amide bonds. The van der Waals surface area contributed by atoms with Crippen molar-refractivity contribution >= 4 is 6.34 Å². The zero-order valence-corrected chi connectivity index (χ0v) is 10.9. The second-order valence-corrected chi connectivity index (χ2v) is 4.15. The van der Waals surface area contributed by atoms with Gasteiger partial charge in [-0.3, -0.25) is 0 Å². The van der Waals surface area contributed by atoms with Crippen LogP contribution in [0.1, 0.15) is 19.8 Å². The highest BCUT2D eigenvalue weighted by molar-refractivity contribution is 5.55. The van der Waals surface area contributed by atoms with Crippen LogP contribution in [-0.4, -0.2) is 38.1 Å². The lowest BCUT2D eigenvalue weighted by molar-refractivity contribution is 0.196. The first-order valence-electron chi connectivity index (χ1n) is 5.79. The fourth-order valence-corrected chi connectivity index (χ4v) is 1.03. The van der Waals surface area contributed by atoms with E-state index in [4.69, 9.17) is 4.74 Å². The summed E-state index contributed by atoms with van der Waals surface area (Å²) < 4.78 is 5.41. The molecule has 0 heterocycles. The average molecular weight is 238 g/mol. The SMILES string of the molecule is C=C(N=CN(C)CN/C=C(\C)NC)OC1CC1. The van der Waals surface area contributed by atoms with Crippen LogP contribution in [0.15, 0.2) is 29.4 Å². The van der Waals surface area contributed by atoms with E-state index < -0.39 is 0 Å². The summed E-state index contributed by atoms with van der Waals surface area (Å²) in [6, 6.07) is 0. The minimum absolute atomic E-state index is 0.351. The summed E-state index contributed by atoms with van der Waals surface area (Å²) in [6.07, 6.45) is 6.23. The van der Waals surface area contributed by atoms with Gasteiger partial charge in [-0.15, -0.1) is 0 Å². The van der Waals surface area contributed by atoms with Gasteiger partial charge in [0.25, 0.3) is 0 Å². The van der Waals surface area contributed by atoms with E-state index in [-0.39, 0.29) is 0 Å². The van der Waals surface area contributed by atoms with E-state index >= 15 is 0 Å². The molecule has 0 aromatic carbocycles. The molecule has 17 heavy (non-hydrogen) atoms. The first-order valence-corrected chi connectivity index (χ1v) is 5.79. The average Bonchev–Trinajstić information content (AvgIpc) is 3.10. The topological polar surface area (TPSA) is 48.9 Å². The molecule has 1 aliphatic rings. The van der Waals surface area contributed by atoms with Crippen molar-refractivity contribution in [1.29, 1.82) is 0 Å². The number of ether oxygens (including phenoxy) is 1. The number of allylic oxidation sites excluding steroid dienone is 1. The molecular formula is C12H22N4O. The van der Waals surface area contributed by atoms with Gasteiger partial charge in [-0.25, -0.2) is 4.99 Å². The van der Waals surface area contributed by atoms with E-state index in [2.05, 4.69) is 22.2 Å². The molecule has 0 spiro atoms. The van der Waals surface area contributed by atoms with Crippen molar-refractivity contribution in [3.63, 3.8) is 0 Å². The number of nitrogens with zero attached hydrogens (tertiary/aromatic N) is 2. The van der Waals surface area contributed by atoms with Gasteiger partial charge in [-0.2, -0.15) is 0 Å².